The molecular formula is C16H24BNO3. The molecule has 0 aromatic heterocycles. The van der Waals surface area contributed by atoms with Crippen molar-refractivity contribution in [2.75, 3.05) is 13.1 Å². The topological polar surface area (TPSA) is 41.9 Å². The van der Waals surface area contributed by atoms with E-state index in [0.717, 1.165) is 25.1 Å². The van der Waals surface area contributed by atoms with E-state index in [2.05, 4.69) is 44.7 Å². The molecule has 0 atom stereocenters. The van der Waals surface area contributed by atoms with Gasteiger partial charge in [-0.15, -0.1) is 0 Å². The minimum Gasteiger partial charge on any atom is -0.399 e. The van der Waals surface area contributed by atoms with Crippen LogP contribution in [0.4, 0.5) is 0 Å². The van der Waals surface area contributed by atoms with Crippen LogP contribution in [0.1, 0.15) is 33.3 Å². The van der Waals surface area contributed by atoms with Crippen molar-refractivity contribution in [3.05, 3.63) is 29.8 Å². The fourth-order valence-corrected chi connectivity index (χ4v) is 2.79. The molecule has 0 saturated carbocycles. The lowest BCUT2D eigenvalue weighted by Crippen LogP contribution is -2.51. The monoisotopic (exact) mass is 289 g/mol. The Bertz CT molecular complexity index is 510. The second-order valence-corrected chi connectivity index (χ2v) is 7.13. The van der Waals surface area contributed by atoms with Crippen molar-refractivity contribution in [1.29, 1.82) is 0 Å². The number of likely N-dealkylation sites (tertiary alicyclic amines) is 1. The summed E-state index contributed by atoms with van der Waals surface area (Å²) in [5.74, 6) is 0. The van der Waals surface area contributed by atoms with Crippen LogP contribution in [0.15, 0.2) is 24.3 Å². The summed E-state index contributed by atoms with van der Waals surface area (Å²) in [5.41, 5.74) is 1.66. The number of hydrogen-bond acceptors (Lipinski definition) is 4. The van der Waals surface area contributed by atoms with Gasteiger partial charge in [-0.05, 0) is 38.7 Å². The van der Waals surface area contributed by atoms with Gasteiger partial charge in [0.05, 0.1) is 17.3 Å². The third-order valence-electron chi connectivity index (χ3n) is 4.89. The summed E-state index contributed by atoms with van der Waals surface area (Å²) >= 11 is 0. The first-order valence-electron chi connectivity index (χ1n) is 7.62. The van der Waals surface area contributed by atoms with Gasteiger partial charge in [-0.3, -0.25) is 4.90 Å². The van der Waals surface area contributed by atoms with E-state index >= 15 is 0 Å². The number of nitrogens with zero attached hydrogens (tertiary/aromatic N) is 1. The summed E-state index contributed by atoms with van der Waals surface area (Å²) in [6.07, 6.45) is -0.172. The first kappa shape index (κ1) is 15.0. The van der Waals surface area contributed by atoms with Crippen LogP contribution in [0.3, 0.4) is 0 Å². The lowest BCUT2D eigenvalue weighted by atomic mass is 9.75. The Balaban J connectivity index is 1.80. The highest BCUT2D eigenvalue weighted by molar-refractivity contribution is 6.62. The maximum atomic E-state index is 9.42. The SMILES string of the molecule is CC1(C)OB(c2ccccc2CN2CC(O)C2)OC1(C)C. The molecule has 5 heteroatoms. The highest BCUT2D eigenvalue weighted by atomic mass is 16.7. The smallest absolute Gasteiger partial charge is 0.399 e. The molecule has 21 heavy (non-hydrogen) atoms. The summed E-state index contributed by atoms with van der Waals surface area (Å²) in [7, 11) is -0.322. The van der Waals surface area contributed by atoms with Crippen molar-refractivity contribution in [1.82, 2.24) is 4.90 Å². The summed E-state index contributed by atoms with van der Waals surface area (Å²) in [4.78, 5) is 2.23. The zero-order valence-corrected chi connectivity index (χ0v) is 13.3. The van der Waals surface area contributed by atoms with Crippen LogP contribution in [-0.2, 0) is 15.9 Å². The minimum absolute atomic E-state index is 0.172. The van der Waals surface area contributed by atoms with Crippen LogP contribution in [0, 0.1) is 0 Å². The van der Waals surface area contributed by atoms with Gasteiger partial charge in [0, 0.05) is 19.6 Å². The van der Waals surface area contributed by atoms with Gasteiger partial charge in [0.25, 0.3) is 0 Å². The van der Waals surface area contributed by atoms with Crippen LogP contribution in [-0.4, -0.2) is 47.5 Å². The van der Waals surface area contributed by atoms with Crippen molar-refractivity contribution < 1.29 is 14.4 Å². The van der Waals surface area contributed by atoms with Gasteiger partial charge in [0.2, 0.25) is 0 Å². The van der Waals surface area contributed by atoms with E-state index in [1.165, 1.54) is 5.56 Å². The van der Waals surface area contributed by atoms with Gasteiger partial charge >= 0.3 is 7.12 Å². The molecule has 1 N–H and O–H groups in total. The van der Waals surface area contributed by atoms with E-state index in [-0.39, 0.29) is 24.4 Å². The lowest BCUT2D eigenvalue weighted by Gasteiger charge is -2.36. The van der Waals surface area contributed by atoms with Gasteiger partial charge in [0.1, 0.15) is 0 Å². The normalized spacial score (nSPS) is 25.1. The van der Waals surface area contributed by atoms with Crippen molar-refractivity contribution in [3.63, 3.8) is 0 Å². The Morgan fingerprint density at radius 3 is 2.29 bits per heavy atom. The largest absolute Gasteiger partial charge is 0.495 e. The standard InChI is InChI=1S/C16H24BNO3/c1-15(2)16(3,4)21-17(20-15)14-8-6-5-7-12(14)9-18-10-13(19)11-18/h5-8,13,19H,9-11H2,1-4H3. The fraction of sp³-hybridized carbons (Fsp3) is 0.625. The first-order valence-corrected chi connectivity index (χ1v) is 7.62. The molecule has 0 radical (unpaired) electrons. The molecule has 3 rings (SSSR count). The number of aliphatic hydroxyl groups excluding tert-OH is 1. The Kier molecular flexibility index (Phi) is 3.65. The fourth-order valence-electron chi connectivity index (χ4n) is 2.79. The molecule has 0 amide bonds. The molecule has 2 aliphatic rings. The second-order valence-electron chi connectivity index (χ2n) is 7.13. The molecular weight excluding hydrogens is 265 g/mol. The molecule has 0 spiro atoms. The second kappa shape index (κ2) is 5.09. The van der Waals surface area contributed by atoms with Crippen LogP contribution in [0.5, 0.6) is 0 Å². The number of hydrogen-bond donors (Lipinski definition) is 1. The molecule has 1 aromatic rings. The average Bonchev–Trinajstić information content (AvgIpc) is 2.57. The third kappa shape index (κ3) is 2.75. The van der Waals surface area contributed by atoms with Crippen LogP contribution in [0.2, 0.25) is 0 Å². The van der Waals surface area contributed by atoms with Crippen LogP contribution < -0.4 is 5.46 Å². The zero-order valence-electron chi connectivity index (χ0n) is 13.3. The van der Waals surface area contributed by atoms with E-state index in [9.17, 15) is 5.11 Å². The molecule has 1 aromatic carbocycles. The first-order chi connectivity index (χ1) is 9.78. The maximum Gasteiger partial charge on any atom is 0.495 e. The predicted octanol–water partition coefficient (Wildman–Crippen LogP) is 1.16. The molecule has 2 saturated heterocycles. The van der Waals surface area contributed by atoms with E-state index in [4.69, 9.17) is 9.31 Å². The van der Waals surface area contributed by atoms with Gasteiger partial charge in [0.15, 0.2) is 0 Å². The van der Waals surface area contributed by atoms with Gasteiger partial charge in [-0.25, -0.2) is 0 Å². The highest BCUT2D eigenvalue weighted by Crippen LogP contribution is 2.36. The van der Waals surface area contributed by atoms with Crippen molar-refractivity contribution in [3.8, 4) is 0 Å². The molecule has 0 aliphatic carbocycles. The minimum atomic E-state index is -0.322. The molecule has 2 fully saturated rings. The number of benzene rings is 1. The Morgan fingerprint density at radius 1 is 1.14 bits per heavy atom. The Hall–Kier alpha value is -0.875. The number of β-amino-alcohol motifs (C(OH)–C–C–N with tert-alkyl or cyclic N) is 1. The maximum absolute atomic E-state index is 9.42. The predicted molar refractivity (Wildman–Crippen MR) is 83.4 cm³/mol. The van der Waals surface area contributed by atoms with Gasteiger partial charge in [-0.2, -0.15) is 0 Å². The van der Waals surface area contributed by atoms with E-state index in [0.29, 0.717) is 0 Å². The van der Waals surface area contributed by atoms with E-state index < -0.39 is 0 Å². The molecule has 0 bridgehead atoms. The lowest BCUT2D eigenvalue weighted by molar-refractivity contribution is -0.00273. The molecule has 4 nitrogen and oxygen atoms in total. The van der Waals surface area contributed by atoms with Crippen molar-refractivity contribution in [2.24, 2.45) is 0 Å². The molecule has 114 valence electrons. The van der Waals surface area contributed by atoms with Gasteiger partial charge in [-0.1, -0.05) is 24.3 Å². The van der Waals surface area contributed by atoms with E-state index in [1.54, 1.807) is 0 Å². The zero-order chi connectivity index (χ0) is 15.3. The molecule has 2 heterocycles. The summed E-state index contributed by atoms with van der Waals surface area (Å²) in [6.45, 7) is 10.6. The summed E-state index contributed by atoms with van der Waals surface area (Å²) in [6, 6.07) is 8.26. The average molecular weight is 289 g/mol. The molecule has 0 unspecified atom stereocenters. The Morgan fingerprint density at radius 2 is 1.71 bits per heavy atom. The summed E-state index contributed by atoms with van der Waals surface area (Å²) < 4.78 is 12.3. The number of aliphatic hydroxyl groups is 1. The van der Waals surface area contributed by atoms with Crippen LogP contribution >= 0.6 is 0 Å². The van der Waals surface area contributed by atoms with Crippen molar-refractivity contribution >= 4 is 12.6 Å². The molecule has 2 aliphatic heterocycles. The van der Waals surface area contributed by atoms with Crippen molar-refractivity contribution in [2.45, 2.75) is 51.5 Å². The van der Waals surface area contributed by atoms with E-state index in [1.807, 2.05) is 12.1 Å². The summed E-state index contributed by atoms with van der Waals surface area (Å²) in [5, 5.41) is 9.42. The van der Waals surface area contributed by atoms with Gasteiger partial charge < -0.3 is 14.4 Å². The third-order valence-corrected chi connectivity index (χ3v) is 4.89. The Labute approximate surface area is 127 Å². The highest BCUT2D eigenvalue weighted by Gasteiger charge is 2.52. The van der Waals surface area contributed by atoms with Crippen LogP contribution in [0.25, 0.3) is 0 Å². The quantitative estimate of drug-likeness (QED) is 0.848. The number of rotatable bonds is 3.